The molecule has 1 aliphatic heterocycles. The zero-order valence-corrected chi connectivity index (χ0v) is 15.0. The van der Waals surface area contributed by atoms with Crippen molar-refractivity contribution in [3.05, 3.63) is 70.0 Å². The highest BCUT2D eigenvalue weighted by molar-refractivity contribution is 7.09. The van der Waals surface area contributed by atoms with Crippen LogP contribution in [0, 0.1) is 0 Å². The molecule has 134 valence electrons. The lowest BCUT2D eigenvalue weighted by Crippen LogP contribution is -2.40. The molecule has 0 saturated carbocycles. The molecule has 3 heterocycles. The summed E-state index contributed by atoms with van der Waals surface area (Å²) in [4.78, 5) is 17.9. The van der Waals surface area contributed by atoms with Crippen molar-refractivity contribution in [1.82, 2.24) is 20.8 Å². The van der Waals surface area contributed by atoms with Gasteiger partial charge in [-0.3, -0.25) is 10.1 Å². The smallest absolute Gasteiger partial charge is 0.246 e. The van der Waals surface area contributed by atoms with Crippen LogP contribution in [0.2, 0.25) is 0 Å². The van der Waals surface area contributed by atoms with Gasteiger partial charge in [-0.1, -0.05) is 41.6 Å². The minimum Gasteiger partial charge on any atom is -0.346 e. The van der Waals surface area contributed by atoms with Gasteiger partial charge in [-0.05, 0) is 29.9 Å². The van der Waals surface area contributed by atoms with E-state index in [9.17, 15) is 4.79 Å². The van der Waals surface area contributed by atoms with Crippen molar-refractivity contribution in [2.24, 2.45) is 0 Å². The Morgan fingerprint density at radius 1 is 1.23 bits per heavy atom. The summed E-state index contributed by atoms with van der Waals surface area (Å²) in [5.74, 6) is 1.05. The Kier molecular flexibility index (Phi) is 5.08. The number of nitrogens with one attached hydrogen (secondary N) is 2. The summed E-state index contributed by atoms with van der Waals surface area (Å²) < 4.78 is 5.23. The molecular weight excluding hydrogens is 348 g/mol. The van der Waals surface area contributed by atoms with E-state index in [-0.39, 0.29) is 24.5 Å². The first-order valence-corrected chi connectivity index (χ1v) is 9.58. The maximum atomic E-state index is 12.4. The van der Waals surface area contributed by atoms with Gasteiger partial charge in [-0.15, -0.1) is 11.3 Å². The van der Waals surface area contributed by atoms with Crippen molar-refractivity contribution in [3.8, 4) is 0 Å². The molecule has 1 amide bonds. The van der Waals surface area contributed by atoms with E-state index >= 15 is 0 Å². The van der Waals surface area contributed by atoms with E-state index in [0.29, 0.717) is 18.1 Å². The Bertz CT molecular complexity index is 848. The molecule has 2 atom stereocenters. The molecule has 0 aliphatic carbocycles. The largest absolute Gasteiger partial charge is 0.346 e. The van der Waals surface area contributed by atoms with Crippen LogP contribution in [0.5, 0.6) is 0 Å². The third-order valence-electron chi connectivity index (χ3n) is 4.50. The molecule has 26 heavy (non-hydrogen) atoms. The summed E-state index contributed by atoms with van der Waals surface area (Å²) in [5.41, 5.74) is 1.22. The van der Waals surface area contributed by atoms with Crippen LogP contribution in [0.3, 0.4) is 0 Å². The van der Waals surface area contributed by atoms with Gasteiger partial charge in [0.25, 0.3) is 0 Å². The van der Waals surface area contributed by atoms with Gasteiger partial charge in [0.05, 0.1) is 12.6 Å². The van der Waals surface area contributed by atoms with Crippen LogP contribution in [0.25, 0.3) is 0 Å². The van der Waals surface area contributed by atoms with E-state index in [0.717, 1.165) is 12.8 Å². The predicted molar refractivity (Wildman–Crippen MR) is 98.6 cm³/mol. The van der Waals surface area contributed by atoms with E-state index in [1.807, 2.05) is 35.7 Å². The number of benzene rings is 1. The standard InChI is InChI=1S/C19H20N4O2S/c24-19(16-9-8-15(21-16)13-5-2-1-3-6-13)20-12-18-22-17(23-25-18)11-14-7-4-10-26-14/h1-7,10,15-16,21H,8-9,11-12H2,(H,20,24)/t15-,16-/m1/s1. The SMILES string of the molecule is O=C(NCc1nc(Cc2cccs2)no1)[C@H]1CC[C@H](c2ccccc2)N1. The average Bonchev–Trinajstić information content (AvgIpc) is 3.43. The Balaban J connectivity index is 1.27. The Morgan fingerprint density at radius 2 is 2.12 bits per heavy atom. The van der Waals surface area contributed by atoms with Gasteiger partial charge in [0.15, 0.2) is 5.82 Å². The molecule has 1 fully saturated rings. The predicted octanol–water partition coefficient (Wildman–Crippen LogP) is 2.83. The molecule has 0 radical (unpaired) electrons. The third kappa shape index (κ3) is 4.00. The summed E-state index contributed by atoms with van der Waals surface area (Å²) in [5, 5.41) is 12.3. The number of rotatable bonds is 6. The Hall–Kier alpha value is -2.51. The zero-order chi connectivity index (χ0) is 17.8. The number of amides is 1. The number of carbonyl (C=O) groups excluding carboxylic acids is 1. The molecule has 1 aliphatic rings. The van der Waals surface area contributed by atoms with Crippen LogP contribution in [0.1, 0.15) is 41.0 Å². The zero-order valence-electron chi connectivity index (χ0n) is 14.2. The molecule has 7 heteroatoms. The summed E-state index contributed by atoms with van der Waals surface area (Å²) >= 11 is 1.66. The van der Waals surface area contributed by atoms with Crippen LogP contribution in [-0.4, -0.2) is 22.1 Å². The highest BCUT2D eigenvalue weighted by atomic mass is 32.1. The van der Waals surface area contributed by atoms with Crippen LogP contribution >= 0.6 is 11.3 Å². The molecule has 0 spiro atoms. The van der Waals surface area contributed by atoms with Crippen molar-refractivity contribution >= 4 is 17.2 Å². The van der Waals surface area contributed by atoms with E-state index in [4.69, 9.17) is 4.52 Å². The molecule has 2 N–H and O–H groups in total. The lowest BCUT2D eigenvalue weighted by atomic mass is 10.1. The fraction of sp³-hybridized carbons (Fsp3) is 0.316. The number of carbonyl (C=O) groups is 1. The number of hydrogen-bond donors (Lipinski definition) is 2. The summed E-state index contributed by atoms with van der Waals surface area (Å²) in [6.45, 7) is 0.254. The van der Waals surface area contributed by atoms with Gasteiger partial charge < -0.3 is 9.84 Å². The second-order valence-corrected chi connectivity index (χ2v) is 7.37. The van der Waals surface area contributed by atoms with Gasteiger partial charge in [-0.2, -0.15) is 4.98 Å². The first-order valence-electron chi connectivity index (χ1n) is 8.70. The maximum absolute atomic E-state index is 12.4. The van der Waals surface area contributed by atoms with Crippen molar-refractivity contribution < 1.29 is 9.32 Å². The highest BCUT2D eigenvalue weighted by Crippen LogP contribution is 2.26. The fourth-order valence-corrected chi connectivity index (χ4v) is 3.89. The van der Waals surface area contributed by atoms with Gasteiger partial charge in [0, 0.05) is 17.3 Å². The molecule has 0 bridgehead atoms. The number of hydrogen-bond acceptors (Lipinski definition) is 6. The number of aromatic nitrogens is 2. The molecule has 1 saturated heterocycles. The summed E-state index contributed by atoms with van der Waals surface area (Å²) in [6, 6.07) is 14.3. The molecule has 3 aromatic rings. The minimum atomic E-state index is -0.186. The molecule has 0 unspecified atom stereocenters. The molecule has 2 aromatic heterocycles. The van der Waals surface area contributed by atoms with Crippen LogP contribution in [-0.2, 0) is 17.8 Å². The van der Waals surface area contributed by atoms with E-state index in [1.165, 1.54) is 10.4 Å². The first kappa shape index (κ1) is 16.9. The van der Waals surface area contributed by atoms with E-state index in [2.05, 4.69) is 32.9 Å². The van der Waals surface area contributed by atoms with Crippen LogP contribution < -0.4 is 10.6 Å². The minimum absolute atomic E-state index is 0.0264. The van der Waals surface area contributed by atoms with E-state index in [1.54, 1.807) is 11.3 Å². The van der Waals surface area contributed by atoms with Crippen LogP contribution in [0.4, 0.5) is 0 Å². The molecule has 1 aromatic carbocycles. The van der Waals surface area contributed by atoms with Gasteiger partial charge >= 0.3 is 0 Å². The van der Waals surface area contributed by atoms with Crippen molar-refractivity contribution in [2.75, 3.05) is 0 Å². The van der Waals surface area contributed by atoms with Gasteiger partial charge in [0.2, 0.25) is 11.8 Å². The first-order chi connectivity index (χ1) is 12.8. The molecular formula is C19H20N4O2S. The van der Waals surface area contributed by atoms with Crippen molar-refractivity contribution in [2.45, 2.75) is 37.9 Å². The second-order valence-electron chi connectivity index (χ2n) is 6.34. The lowest BCUT2D eigenvalue weighted by molar-refractivity contribution is -0.123. The topological polar surface area (TPSA) is 80.1 Å². The molecule has 4 rings (SSSR count). The third-order valence-corrected chi connectivity index (χ3v) is 5.38. The maximum Gasteiger partial charge on any atom is 0.246 e. The fourth-order valence-electron chi connectivity index (χ4n) is 3.19. The summed E-state index contributed by atoms with van der Waals surface area (Å²) in [7, 11) is 0. The monoisotopic (exact) mass is 368 g/mol. The average molecular weight is 368 g/mol. The van der Waals surface area contributed by atoms with Gasteiger partial charge in [0.1, 0.15) is 0 Å². The lowest BCUT2D eigenvalue weighted by Gasteiger charge is -2.14. The summed E-state index contributed by atoms with van der Waals surface area (Å²) in [6.07, 6.45) is 2.42. The van der Waals surface area contributed by atoms with Crippen LogP contribution in [0.15, 0.2) is 52.4 Å². The molecule has 6 nitrogen and oxygen atoms in total. The second kappa shape index (κ2) is 7.80. The van der Waals surface area contributed by atoms with Crippen molar-refractivity contribution in [1.29, 1.82) is 0 Å². The number of nitrogens with zero attached hydrogens (tertiary/aromatic N) is 2. The van der Waals surface area contributed by atoms with Gasteiger partial charge in [-0.25, -0.2) is 0 Å². The van der Waals surface area contributed by atoms with E-state index < -0.39 is 0 Å². The normalized spacial score (nSPS) is 19.5. The Morgan fingerprint density at radius 3 is 2.92 bits per heavy atom. The van der Waals surface area contributed by atoms with Crippen molar-refractivity contribution in [3.63, 3.8) is 0 Å². The Labute approximate surface area is 155 Å². The highest BCUT2D eigenvalue weighted by Gasteiger charge is 2.29. The number of thiophene rings is 1. The quantitative estimate of drug-likeness (QED) is 0.699.